The van der Waals surface area contributed by atoms with Crippen molar-refractivity contribution in [2.24, 2.45) is 0 Å². The van der Waals surface area contributed by atoms with E-state index in [9.17, 15) is 9.59 Å². The summed E-state index contributed by atoms with van der Waals surface area (Å²) < 4.78 is 11.2. The molecular weight excluding hydrogens is 370 g/mol. The number of rotatable bonds is 7. The summed E-state index contributed by atoms with van der Waals surface area (Å²) in [6, 6.07) is 11.1. The molecule has 2 heterocycles. The number of carbonyl (C=O) groups excluding carboxylic acids is 2. The number of nitrogens with one attached hydrogen (secondary N) is 1. The SMILES string of the molecule is CCC(=O)Nc1ccc(OC2CCN(C(=O)Cc3cccc(OC)c3)CC2)nc1. The number of aromatic nitrogens is 1. The summed E-state index contributed by atoms with van der Waals surface area (Å²) in [5, 5.41) is 2.76. The van der Waals surface area contributed by atoms with Gasteiger partial charge >= 0.3 is 0 Å². The number of piperidine rings is 1. The van der Waals surface area contributed by atoms with Gasteiger partial charge in [0, 0.05) is 38.4 Å². The fraction of sp³-hybridized carbons (Fsp3) is 0.409. The Labute approximate surface area is 171 Å². The molecule has 2 aromatic rings. The zero-order valence-electron chi connectivity index (χ0n) is 16.9. The van der Waals surface area contributed by atoms with Gasteiger partial charge in [0.1, 0.15) is 11.9 Å². The van der Waals surface area contributed by atoms with Crippen molar-refractivity contribution in [1.29, 1.82) is 0 Å². The van der Waals surface area contributed by atoms with E-state index in [0.717, 1.165) is 24.2 Å². The molecule has 1 aliphatic heterocycles. The number of hydrogen-bond donors (Lipinski definition) is 1. The van der Waals surface area contributed by atoms with Crippen molar-refractivity contribution in [2.45, 2.75) is 38.7 Å². The summed E-state index contributed by atoms with van der Waals surface area (Å²) in [4.78, 5) is 30.1. The molecule has 0 atom stereocenters. The van der Waals surface area contributed by atoms with E-state index < -0.39 is 0 Å². The summed E-state index contributed by atoms with van der Waals surface area (Å²) in [6.45, 7) is 3.13. The second-order valence-electron chi connectivity index (χ2n) is 7.01. The molecule has 7 heteroatoms. The van der Waals surface area contributed by atoms with E-state index in [2.05, 4.69) is 10.3 Å². The van der Waals surface area contributed by atoms with E-state index in [1.165, 1.54) is 0 Å². The van der Waals surface area contributed by atoms with Crippen molar-refractivity contribution < 1.29 is 19.1 Å². The Morgan fingerprint density at radius 1 is 1.21 bits per heavy atom. The van der Waals surface area contributed by atoms with Crippen LogP contribution in [0.15, 0.2) is 42.6 Å². The van der Waals surface area contributed by atoms with Gasteiger partial charge in [-0.05, 0) is 23.8 Å². The highest BCUT2D eigenvalue weighted by molar-refractivity contribution is 5.90. The Balaban J connectivity index is 1.46. The molecule has 0 saturated carbocycles. The van der Waals surface area contributed by atoms with E-state index in [1.807, 2.05) is 29.2 Å². The lowest BCUT2D eigenvalue weighted by Gasteiger charge is -2.32. The lowest BCUT2D eigenvalue weighted by Crippen LogP contribution is -2.42. The van der Waals surface area contributed by atoms with Crippen molar-refractivity contribution in [3.63, 3.8) is 0 Å². The van der Waals surface area contributed by atoms with Crippen LogP contribution in [0.4, 0.5) is 5.69 Å². The molecule has 1 aliphatic rings. The van der Waals surface area contributed by atoms with Gasteiger partial charge in [-0.3, -0.25) is 9.59 Å². The van der Waals surface area contributed by atoms with Gasteiger partial charge in [-0.15, -0.1) is 0 Å². The Kier molecular flexibility index (Phi) is 7.05. The zero-order valence-corrected chi connectivity index (χ0v) is 16.9. The molecule has 1 aromatic heterocycles. The molecule has 3 rings (SSSR count). The van der Waals surface area contributed by atoms with Crippen molar-refractivity contribution in [1.82, 2.24) is 9.88 Å². The van der Waals surface area contributed by atoms with Gasteiger partial charge in [0.15, 0.2) is 0 Å². The van der Waals surface area contributed by atoms with E-state index in [0.29, 0.717) is 37.5 Å². The van der Waals surface area contributed by atoms with E-state index in [-0.39, 0.29) is 17.9 Å². The largest absolute Gasteiger partial charge is 0.497 e. The van der Waals surface area contributed by atoms with Crippen molar-refractivity contribution in [3.8, 4) is 11.6 Å². The third kappa shape index (κ3) is 5.94. The van der Waals surface area contributed by atoms with Crippen LogP contribution in [0.25, 0.3) is 0 Å². The zero-order chi connectivity index (χ0) is 20.6. The van der Waals surface area contributed by atoms with Crippen LogP contribution in [-0.2, 0) is 16.0 Å². The third-order valence-electron chi connectivity index (χ3n) is 4.91. The topological polar surface area (TPSA) is 80.8 Å². The molecule has 29 heavy (non-hydrogen) atoms. The predicted octanol–water partition coefficient (Wildman–Crippen LogP) is 3.05. The normalized spacial score (nSPS) is 14.3. The molecule has 2 amide bonds. The standard InChI is InChI=1S/C22H27N3O4/c1-3-20(26)24-17-7-8-21(23-15-17)29-18-9-11-25(12-10-18)22(27)14-16-5-4-6-19(13-16)28-2/h4-8,13,15,18H,3,9-12,14H2,1-2H3,(H,24,26). The number of likely N-dealkylation sites (tertiary alicyclic amines) is 1. The maximum atomic E-state index is 12.6. The van der Waals surface area contributed by atoms with Crippen LogP contribution in [-0.4, -0.2) is 48.0 Å². The number of anilines is 1. The highest BCUT2D eigenvalue weighted by Gasteiger charge is 2.24. The first kappa shape index (κ1) is 20.6. The highest BCUT2D eigenvalue weighted by atomic mass is 16.5. The van der Waals surface area contributed by atoms with Gasteiger partial charge in [-0.1, -0.05) is 19.1 Å². The molecule has 0 radical (unpaired) electrons. The minimum Gasteiger partial charge on any atom is -0.497 e. The molecule has 0 bridgehead atoms. The smallest absolute Gasteiger partial charge is 0.226 e. The number of benzene rings is 1. The second kappa shape index (κ2) is 9.91. The molecule has 1 N–H and O–H groups in total. The summed E-state index contributed by atoms with van der Waals surface area (Å²) >= 11 is 0. The molecule has 0 aliphatic carbocycles. The number of hydrogen-bond acceptors (Lipinski definition) is 5. The molecule has 1 fully saturated rings. The highest BCUT2D eigenvalue weighted by Crippen LogP contribution is 2.20. The third-order valence-corrected chi connectivity index (χ3v) is 4.91. The lowest BCUT2D eigenvalue weighted by molar-refractivity contribution is -0.132. The molecular formula is C22H27N3O4. The van der Waals surface area contributed by atoms with Crippen LogP contribution in [0.1, 0.15) is 31.7 Å². The first-order valence-electron chi connectivity index (χ1n) is 9.90. The van der Waals surface area contributed by atoms with Gasteiger partial charge in [0.2, 0.25) is 17.7 Å². The monoisotopic (exact) mass is 397 g/mol. The number of nitrogens with zero attached hydrogens (tertiary/aromatic N) is 2. The molecule has 154 valence electrons. The van der Waals surface area contributed by atoms with Gasteiger partial charge < -0.3 is 19.7 Å². The molecule has 0 unspecified atom stereocenters. The molecule has 1 aromatic carbocycles. The Bertz CT molecular complexity index is 830. The van der Waals surface area contributed by atoms with Crippen LogP contribution in [0.2, 0.25) is 0 Å². The van der Waals surface area contributed by atoms with Crippen molar-refractivity contribution in [2.75, 3.05) is 25.5 Å². The minimum atomic E-state index is -0.0496. The van der Waals surface area contributed by atoms with Crippen LogP contribution >= 0.6 is 0 Å². The maximum Gasteiger partial charge on any atom is 0.226 e. The Hall–Kier alpha value is -3.09. The number of amides is 2. The van der Waals surface area contributed by atoms with E-state index in [1.54, 1.807) is 32.4 Å². The average Bonchev–Trinajstić information content (AvgIpc) is 2.75. The van der Waals surface area contributed by atoms with Gasteiger partial charge in [-0.2, -0.15) is 0 Å². The first-order chi connectivity index (χ1) is 14.1. The van der Waals surface area contributed by atoms with Crippen LogP contribution in [0, 0.1) is 0 Å². The van der Waals surface area contributed by atoms with Crippen molar-refractivity contribution in [3.05, 3.63) is 48.2 Å². The number of pyridine rings is 1. The first-order valence-corrected chi connectivity index (χ1v) is 9.90. The molecule has 1 saturated heterocycles. The molecule has 0 spiro atoms. The van der Waals surface area contributed by atoms with Crippen LogP contribution in [0.5, 0.6) is 11.6 Å². The van der Waals surface area contributed by atoms with E-state index in [4.69, 9.17) is 9.47 Å². The van der Waals surface area contributed by atoms with Gasteiger partial charge in [-0.25, -0.2) is 4.98 Å². The summed E-state index contributed by atoms with van der Waals surface area (Å²) in [5.74, 6) is 1.35. The molecule has 7 nitrogen and oxygen atoms in total. The van der Waals surface area contributed by atoms with E-state index >= 15 is 0 Å². The Morgan fingerprint density at radius 2 is 2.00 bits per heavy atom. The average molecular weight is 397 g/mol. The Morgan fingerprint density at radius 3 is 2.66 bits per heavy atom. The summed E-state index contributed by atoms with van der Waals surface area (Å²) in [6.07, 6.45) is 3.94. The summed E-state index contributed by atoms with van der Waals surface area (Å²) in [7, 11) is 1.62. The number of methoxy groups -OCH3 is 1. The lowest BCUT2D eigenvalue weighted by atomic mass is 10.1. The number of carbonyl (C=O) groups is 2. The minimum absolute atomic E-state index is 0.0273. The van der Waals surface area contributed by atoms with Gasteiger partial charge in [0.25, 0.3) is 0 Å². The maximum absolute atomic E-state index is 12.6. The predicted molar refractivity (Wildman–Crippen MR) is 110 cm³/mol. The second-order valence-corrected chi connectivity index (χ2v) is 7.01. The summed E-state index contributed by atoms with van der Waals surface area (Å²) in [5.41, 5.74) is 1.61. The fourth-order valence-electron chi connectivity index (χ4n) is 3.24. The van der Waals surface area contributed by atoms with Gasteiger partial charge in [0.05, 0.1) is 25.4 Å². The number of ether oxygens (including phenoxy) is 2. The van der Waals surface area contributed by atoms with Crippen LogP contribution < -0.4 is 14.8 Å². The van der Waals surface area contributed by atoms with Crippen LogP contribution in [0.3, 0.4) is 0 Å². The fourth-order valence-corrected chi connectivity index (χ4v) is 3.24. The van der Waals surface area contributed by atoms with Crippen molar-refractivity contribution >= 4 is 17.5 Å². The quantitative estimate of drug-likeness (QED) is 0.777.